The van der Waals surface area contributed by atoms with Gasteiger partial charge in [0.1, 0.15) is 11.5 Å². The van der Waals surface area contributed by atoms with Crippen molar-refractivity contribution in [2.45, 2.75) is 26.4 Å². The second-order valence-electron chi connectivity index (χ2n) is 6.22. The number of hydrogen-bond donors (Lipinski definition) is 1. The van der Waals surface area contributed by atoms with Crippen LogP contribution in [0.2, 0.25) is 0 Å². The van der Waals surface area contributed by atoms with Crippen LogP contribution in [0.4, 0.5) is 10.3 Å². The van der Waals surface area contributed by atoms with E-state index < -0.39 is 0 Å². The molecule has 0 saturated heterocycles. The predicted molar refractivity (Wildman–Crippen MR) is 99.3 cm³/mol. The molecule has 0 bridgehead atoms. The lowest BCUT2D eigenvalue weighted by Crippen LogP contribution is -2.12. The Morgan fingerprint density at radius 3 is 2.65 bits per heavy atom. The molecule has 1 aromatic carbocycles. The third-order valence-electron chi connectivity index (χ3n) is 3.75. The summed E-state index contributed by atoms with van der Waals surface area (Å²) in [5.41, 5.74) is 3.19. The van der Waals surface area contributed by atoms with E-state index in [2.05, 4.69) is 20.4 Å². The molecule has 0 atom stereocenters. The van der Waals surface area contributed by atoms with Gasteiger partial charge in [-0.05, 0) is 44.2 Å². The number of aromatic nitrogens is 4. The van der Waals surface area contributed by atoms with Crippen LogP contribution in [0.3, 0.4) is 0 Å². The monoisotopic (exact) mass is 355 g/mol. The number of hydrogen-bond acceptors (Lipinski definition) is 5. The van der Waals surface area contributed by atoms with E-state index in [-0.39, 0.29) is 11.9 Å². The van der Waals surface area contributed by atoms with Gasteiger partial charge >= 0.3 is 0 Å². The van der Waals surface area contributed by atoms with Gasteiger partial charge in [0, 0.05) is 36.7 Å². The van der Waals surface area contributed by atoms with Crippen LogP contribution in [0, 0.1) is 5.82 Å². The molecule has 0 amide bonds. The average molecular weight is 355 g/mol. The van der Waals surface area contributed by atoms with E-state index in [0.29, 0.717) is 19.1 Å². The number of halogens is 1. The maximum Gasteiger partial charge on any atom is 0.223 e. The van der Waals surface area contributed by atoms with Crippen LogP contribution in [0.5, 0.6) is 0 Å². The second kappa shape index (κ2) is 8.05. The Balaban J connectivity index is 2.04. The maximum atomic E-state index is 13.3. The molecule has 3 aromatic rings. The van der Waals surface area contributed by atoms with Gasteiger partial charge < -0.3 is 10.1 Å². The summed E-state index contributed by atoms with van der Waals surface area (Å²) in [5.74, 6) is 0.284. The fourth-order valence-electron chi connectivity index (χ4n) is 2.57. The Kier molecular flexibility index (Phi) is 5.58. The highest BCUT2D eigenvalue weighted by Gasteiger charge is 2.15. The smallest absolute Gasteiger partial charge is 0.223 e. The van der Waals surface area contributed by atoms with Crippen molar-refractivity contribution in [2.75, 3.05) is 19.0 Å². The third-order valence-corrected chi connectivity index (χ3v) is 3.75. The van der Waals surface area contributed by atoms with Gasteiger partial charge in [-0.3, -0.25) is 4.68 Å². The van der Waals surface area contributed by atoms with Crippen molar-refractivity contribution in [1.29, 1.82) is 0 Å². The van der Waals surface area contributed by atoms with Gasteiger partial charge in [0.15, 0.2) is 0 Å². The molecule has 0 unspecified atom stereocenters. The van der Waals surface area contributed by atoms with Crippen molar-refractivity contribution in [2.24, 2.45) is 0 Å². The summed E-state index contributed by atoms with van der Waals surface area (Å²) in [5, 5.41) is 7.85. The summed E-state index contributed by atoms with van der Waals surface area (Å²) in [6, 6.07) is 8.37. The summed E-state index contributed by atoms with van der Waals surface area (Å²) in [6.07, 6.45) is 3.65. The van der Waals surface area contributed by atoms with Crippen molar-refractivity contribution in [3.05, 3.63) is 48.5 Å². The number of rotatable bonds is 7. The average Bonchev–Trinajstić information content (AvgIpc) is 3.04. The Morgan fingerprint density at radius 1 is 1.19 bits per heavy atom. The number of ether oxygens (including phenoxy) is 1. The Morgan fingerprint density at radius 2 is 1.96 bits per heavy atom. The van der Waals surface area contributed by atoms with Crippen LogP contribution in [0.15, 0.2) is 42.7 Å². The molecule has 136 valence electrons. The summed E-state index contributed by atoms with van der Waals surface area (Å²) in [6.45, 7) is 5.23. The maximum absolute atomic E-state index is 13.3. The lowest BCUT2D eigenvalue weighted by molar-refractivity contribution is 0.183. The minimum atomic E-state index is -0.278. The van der Waals surface area contributed by atoms with Gasteiger partial charge in [-0.25, -0.2) is 14.4 Å². The van der Waals surface area contributed by atoms with Gasteiger partial charge in [-0.1, -0.05) is 0 Å². The number of nitrogens with one attached hydrogen (secondary N) is 1. The van der Waals surface area contributed by atoms with Crippen LogP contribution in [0.1, 0.15) is 13.8 Å². The zero-order chi connectivity index (χ0) is 18.5. The van der Waals surface area contributed by atoms with Gasteiger partial charge in [-0.15, -0.1) is 0 Å². The third kappa shape index (κ3) is 4.23. The molecule has 2 aromatic heterocycles. The van der Waals surface area contributed by atoms with E-state index in [9.17, 15) is 4.39 Å². The lowest BCUT2D eigenvalue weighted by atomic mass is 10.1. The van der Waals surface area contributed by atoms with Crippen molar-refractivity contribution in [3.63, 3.8) is 0 Å². The van der Waals surface area contributed by atoms with Gasteiger partial charge in [0.05, 0.1) is 18.8 Å². The quantitative estimate of drug-likeness (QED) is 0.701. The lowest BCUT2D eigenvalue weighted by Gasteiger charge is -2.09. The van der Waals surface area contributed by atoms with Crippen LogP contribution < -0.4 is 5.32 Å². The highest BCUT2D eigenvalue weighted by molar-refractivity contribution is 5.78. The van der Waals surface area contributed by atoms with Crippen LogP contribution in [-0.2, 0) is 11.3 Å². The molecule has 26 heavy (non-hydrogen) atoms. The van der Waals surface area contributed by atoms with E-state index >= 15 is 0 Å². The number of anilines is 1. The van der Waals surface area contributed by atoms with E-state index in [0.717, 1.165) is 22.5 Å². The fraction of sp³-hybridized carbons (Fsp3) is 0.316. The molecule has 0 spiro atoms. The SMILES string of the molecule is COCCn1cc(-c2ccnc(NC(C)C)n2)c(-c2ccc(F)cc2)n1. The highest BCUT2D eigenvalue weighted by Crippen LogP contribution is 2.30. The van der Waals surface area contributed by atoms with E-state index in [1.54, 1.807) is 25.4 Å². The first kappa shape index (κ1) is 18.0. The first-order valence-electron chi connectivity index (χ1n) is 8.49. The van der Waals surface area contributed by atoms with Crippen molar-refractivity contribution >= 4 is 5.95 Å². The summed E-state index contributed by atoms with van der Waals surface area (Å²) >= 11 is 0. The highest BCUT2D eigenvalue weighted by atomic mass is 19.1. The summed E-state index contributed by atoms with van der Waals surface area (Å²) in [7, 11) is 1.65. The molecule has 6 nitrogen and oxygen atoms in total. The number of methoxy groups -OCH3 is 1. The molecule has 0 aliphatic carbocycles. The van der Waals surface area contributed by atoms with E-state index in [4.69, 9.17) is 4.74 Å². The van der Waals surface area contributed by atoms with Gasteiger partial charge in [-0.2, -0.15) is 5.10 Å². The van der Waals surface area contributed by atoms with Gasteiger partial charge in [0.25, 0.3) is 0 Å². The van der Waals surface area contributed by atoms with Crippen molar-refractivity contribution < 1.29 is 9.13 Å². The standard InChI is InChI=1S/C19H22FN5O/c1-13(2)22-19-21-9-8-17(23-19)16-12-25(10-11-26-3)24-18(16)14-4-6-15(20)7-5-14/h4-9,12-13H,10-11H2,1-3H3,(H,21,22,23). The zero-order valence-electron chi connectivity index (χ0n) is 15.1. The molecule has 0 aliphatic heterocycles. The molecule has 0 saturated carbocycles. The molecular weight excluding hydrogens is 333 g/mol. The topological polar surface area (TPSA) is 64.9 Å². The van der Waals surface area contributed by atoms with Crippen molar-refractivity contribution in [3.8, 4) is 22.5 Å². The minimum Gasteiger partial charge on any atom is -0.383 e. The van der Waals surface area contributed by atoms with Crippen LogP contribution in [0.25, 0.3) is 22.5 Å². The van der Waals surface area contributed by atoms with Crippen molar-refractivity contribution in [1.82, 2.24) is 19.7 Å². The molecule has 0 fully saturated rings. The molecule has 2 heterocycles. The van der Waals surface area contributed by atoms with E-state index in [1.807, 2.05) is 30.8 Å². The zero-order valence-corrected chi connectivity index (χ0v) is 15.1. The minimum absolute atomic E-state index is 0.228. The number of benzene rings is 1. The van der Waals surface area contributed by atoms with Gasteiger partial charge in [0.2, 0.25) is 5.95 Å². The van der Waals surface area contributed by atoms with Crippen LogP contribution in [-0.4, -0.2) is 39.5 Å². The molecule has 7 heteroatoms. The Hall–Kier alpha value is -2.80. The molecule has 3 rings (SSSR count). The molecule has 1 N–H and O–H groups in total. The summed E-state index contributed by atoms with van der Waals surface area (Å²) < 4.78 is 20.3. The molecule has 0 aliphatic rings. The van der Waals surface area contributed by atoms with E-state index in [1.165, 1.54) is 12.1 Å². The molecule has 0 radical (unpaired) electrons. The van der Waals surface area contributed by atoms with Crippen LogP contribution >= 0.6 is 0 Å². The Labute approximate surface area is 152 Å². The second-order valence-corrected chi connectivity index (χ2v) is 6.22. The summed E-state index contributed by atoms with van der Waals surface area (Å²) in [4.78, 5) is 8.86. The normalized spacial score (nSPS) is 11.1. The Bertz CT molecular complexity index is 861. The predicted octanol–water partition coefficient (Wildman–Crippen LogP) is 3.61. The number of nitrogens with zero attached hydrogens (tertiary/aromatic N) is 4. The largest absolute Gasteiger partial charge is 0.383 e. The first-order valence-corrected chi connectivity index (χ1v) is 8.49. The fourth-order valence-corrected chi connectivity index (χ4v) is 2.57. The molecular formula is C19H22FN5O. The first-order chi connectivity index (χ1) is 12.6.